The molecule has 4 rings (SSSR count). The summed E-state index contributed by atoms with van der Waals surface area (Å²) in [5, 5.41) is 0. The Hall–Kier alpha value is -2.32. The minimum Gasteiger partial charge on any atom is -0.483 e. The maximum absolute atomic E-state index is 5.74. The van der Waals surface area contributed by atoms with Crippen molar-refractivity contribution in [3.8, 4) is 34.4 Å². The zero-order valence-corrected chi connectivity index (χ0v) is 10.5. The molecule has 0 spiro atoms. The molecule has 0 saturated heterocycles. The second kappa shape index (κ2) is 4.09. The van der Waals surface area contributed by atoms with Crippen LogP contribution in [0.4, 0.5) is 0 Å². The van der Waals surface area contributed by atoms with E-state index in [0.29, 0.717) is 41.0 Å². The first-order chi connectivity index (χ1) is 9.72. The lowest BCUT2D eigenvalue weighted by molar-refractivity contribution is 0.0960. The highest BCUT2D eigenvalue weighted by molar-refractivity contribution is 5.76. The number of hydrogen-bond acceptors (Lipinski definition) is 6. The van der Waals surface area contributed by atoms with Crippen LogP contribution in [0.5, 0.6) is 23.0 Å². The second-order valence-electron chi connectivity index (χ2n) is 4.65. The Morgan fingerprint density at radius 3 is 2.35 bits per heavy atom. The first kappa shape index (κ1) is 11.5. The number of ether oxygens (including phenoxy) is 4. The predicted octanol–water partition coefficient (Wildman–Crippen LogP) is 0.122. The zero-order chi connectivity index (χ0) is 13.7. The molecule has 2 aliphatic heterocycles. The van der Waals surface area contributed by atoms with Crippen LogP contribution in [-0.4, -0.2) is 35.6 Å². The molecule has 8 nitrogen and oxygen atoms in total. The molecule has 2 atom stereocenters. The molecule has 106 valence electrons. The van der Waals surface area contributed by atoms with Gasteiger partial charge in [-0.25, -0.2) is 0 Å². The van der Waals surface area contributed by atoms with Crippen molar-refractivity contribution in [1.29, 1.82) is 0 Å². The number of nitrogens with two attached hydrogens (primary N) is 2. The summed E-state index contributed by atoms with van der Waals surface area (Å²) in [5.74, 6) is 2.35. The smallest absolute Gasteiger partial charge is 0.190 e. The van der Waals surface area contributed by atoms with Crippen LogP contribution in [0, 0.1) is 0 Å². The number of nitrogens with one attached hydrogen (secondary N) is 2. The fourth-order valence-corrected chi connectivity index (χ4v) is 2.33. The summed E-state index contributed by atoms with van der Waals surface area (Å²) < 4.78 is 22.2. The molecule has 0 amide bonds. The summed E-state index contributed by atoms with van der Waals surface area (Å²) in [6.45, 7) is 0.610. The topological polar surface area (TPSA) is 121 Å². The lowest BCUT2D eigenvalue weighted by Crippen LogP contribution is -2.37. The summed E-state index contributed by atoms with van der Waals surface area (Å²) in [5.41, 5.74) is 12.8. The fourth-order valence-electron chi connectivity index (χ4n) is 2.33. The molecule has 8 heteroatoms. The molecule has 6 N–H and O–H groups in total. The number of H-pyrrole nitrogens is 2. The monoisotopic (exact) mass is 278 g/mol. The molecule has 20 heavy (non-hydrogen) atoms. The Morgan fingerprint density at radius 2 is 1.50 bits per heavy atom. The predicted molar refractivity (Wildman–Crippen MR) is 68.8 cm³/mol. The average molecular weight is 278 g/mol. The van der Waals surface area contributed by atoms with Crippen LogP contribution in [0.1, 0.15) is 0 Å². The van der Waals surface area contributed by atoms with Crippen molar-refractivity contribution in [3.63, 3.8) is 0 Å². The Morgan fingerprint density at radius 1 is 0.850 bits per heavy atom. The van der Waals surface area contributed by atoms with E-state index in [0.717, 1.165) is 0 Å². The molecule has 0 saturated carbocycles. The van der Waals surface area contributed by atoms with E-state index in [-0.39, 0.29) is 6.61 Å². The van der Waals surface area contributed by atoms with Gasteiger partial charge in [0.15, 0.2) is 35.5 Å². The highest BCUT2D eigenvalue weighted by atomic mass is 16.6. The molecular formula is C12H14N4O4. The van der Waals surface area contributed by atoms with Crippen molar-refractivity contribution in [2.24, 2.45) is 11.5 Å². The normalized spacial score (nSPS) is 23.7. The number of rotatable bonds is 1. The summed E-state index contributed by atoms with van der Waals surface area (Å²) in [6.07, 6.45) is 2.46. The highest BCUT2D eigenvalue weighted by Gasteiger charge is 2.29. The Balaban J connectivity index is 1.78. The van der Waals surface area contributed by atoms with Crippen LogP contribution >= 0.6 is 0 Å². The molecule has 2 aromatic rings. The molecule has 0 aromatic carbocycles. The number of aromatic amines is 2. The first-order valence-corrected chi connectivity index (χ1v) is 6.25. The lowest BCUT2D eigenvalue weighted by atomic mass is 10.2. The van der Waals surface area contributed by atoms with Gasteiger partial charge in [-0.15, -0.1) is 0 Å². The summed E-state index contributed by atoms with van der Waals surface area (Å²) >= 11 is 0. The Labute approximate surface area is 113 Å². The largest absolute Gasteiger partial charge is 0.483 e. The van der Waals surface area contributed by atoms with Gasteiger partial charge in [0.2, 0.25) is 0 Å². The standard InChI is InChI=1S/C12H14N4O4/c13-7-4-18-11-6(19-7)2-16-9(11)10-12-5(1-15-10)17-3-8(14)20-12/h1-2,7-8,15-16H,3-4,13-14H2. The van der Waals surface area contributed by atoms with Gasteiger partial charge in [-0.05, 0) is 0 Å². The average Bonchev–Trinajstić information content (AvgIpc) is 3.01. The van der Waals surface area contributed by atoms with Gasteiger partial charge < -0.3 is 28.9 Å². The van der Waals surface area contributed by atoms with Gasteiger partial charge >= 0.3 is 0 Å². The van der Waals surface area contributed by atoms with Crippen LogP contribution in [0.3, 0.4) is 0 Å². The first-order valence-electron chi connectivity index (χ1n) is 6.25. The van der Waals surface area contributed by atoms with Crippen LogP contribution in [0.25, 0.3) is 11.4 Å². The van der Waals surface area contributed by atoms with Gasteiger partial charge in [-0.2, -0.15) is 0 Å². The summed E-state index contributed by atoms with van der Waals surface area (Å²) in [7, 11) is 0. The third-order valence-corrected chi connectivity index (χ3v) is 3.19. The molecular weight excluding hydrogens is 264 g/mol. The van der Waals surface area contributed by atoms with Crippen molar-refractivity contribution >= 4 is 0 Å². The summed E-state index contributed by atoms with van der Waals surface area (Å²) in [4.78, 5) is 6.19. The Kier molecular flexibility index (Phi) is 2.35. The van der Waals surface area contributed by atoms with Crippen molar-refractivity contribution < 1.29 is 18.9 Å². The van der Waals surface area contributed by atoms with Crippen LogP contribution in [-0.2, 0) is 0 Å². The number of hydrogen-bond donors (Lipinski definition) is 4. The molecule has 0 radical (unpaired) electrons. The van der Waals surface area contributed by atoms with Crippen molar-refractivity contribution in [3.05, 3.63) is 12.4 Å². The SMILES string of the molecule is NC1COc2c(c[nH]c2-c2[nH]cc3c2OC(N)CO3)O1. The number of aromatic nitrogens is 2. The maximum atomic E-state index is 5.74. The van der Waals surface area contributed by atoms with E-state index in [4.69, 9.17) is 30.4 Å². The van der Waals surface area contributed by atoms with Crippen LogP contribution < -0.4 is 30.4 Å². The van der Waals surface area contributed by atoms with E-state index < -0.39 is 12.5 Å². The van der Waals surface area contributed by atoms with Gasteiger partial charge in [0.1, 0.15) is 24.6 Å². The van der Waals surface area contributed by atoms with Crippen LogP contribution in [0.2, 0.25) is 0 Å². The van der Waals surface area contributed by atoms with Crippen molar-refractivity contribution in [1.82, 2.24) is 9.97 Å². The van der Waals surface area contributed by atoms with E-state index in [1.165, 1.54) is 0 Å². The third kappa shape index (κ3) is 1.62. The molecule has 0 bridgehead atoms. The van der Waals surface area contributed by atoms with Crippen molar-refractivity contribution in [2.75, 3.05) is 13.2 Å². The molecule has 2 unspecified atom stereocenters. The zero-order valence-electron chi connectivity index (χ0n) is 10.5. The van der Waals surface area contributed by atoms with Crippen LogP contribution in [0.15, 0.2) is 12.4 Å². The number of fused-ring (bicyclic) bond motifs is 2. The third-order valence-electron chi connectivity index (χ3n) is 3.19. The van der Waals surface area contributed by atoms with E-state index in [1.807, 2.05) is 0 Å². The van der Waals surface area contributed by atoms with Gasteiger partial charge in [-0.1, -0.05) is 0 Å². The maximum Gasteiger partial charge on any atom is 0.190 e. The second-order valence-corrected chi connectivity index (χ2v) is 4.65. The molecule has 4 heterocycles. The summed E-state index contributed by atoms with van der Waals surface area (Å²) in [6, 6.07) is 0. The fraction of sp³-hybridized carbons (Fsp3) is 0.333. The lowest BCUT2D eigenvalue weighted by Gasteiger charge is -2.23. The minimum atomic E-state index is -0.492. The quantitative estimate of drug-likeness (QED) is 0.588. The highest BCUT2D eigenvalue weighted by Crippen LogP contribution is 2.46. The van der Waals surface area contributed by atoms with E-state index >= 15 is 0 Å². The molecule has 2 aliphatic rings. The molecule has 0 fully saturated rings. The Bertz CT molecular complexity index is 650. The van der Waals surface area contributed by atoms with Gasteiger partial charge in [0.25, 0.3) is 0 Å². The van der Waals surface area contributed by atoms with E-state index in [1.54, 1.807) is 12.4 Å². The molecule has 2 aromatic heterocycles. The van der Waals surface area contributed by atoms with E-state index in [2.05, 4.69) is 9.97 Å². The van der Waals surface area contributed by atoms with Gasteiger partial charge in [0.05, 0.1) is 0 Å². The minimum absolute atomic E-state index is 0.289. The molecule has 0 aliphatic carbocycles. The van der Waals surface area contributed by atoms with Crippen molar-refractivity contribution in [2.45, 2.75) is 12.5 Å². The van der Waals surface area contributed by atoms with E-state index in [9.17, 15) is 0 Å². The van der Waals surface area contributed by atoms with Gasteiger partial charge in [0, 0.05) is 12.4 Å². The van der Waals surface area contributed by atoms with Gasteiger partial charge in [-0.3, -0.25) is 11.5 Å².